The maximum absolute atomic E-state index is 6.16. The van der Waals surface area contributed by atoms with Crippen LogP contribution in [-0.4, -0.2) is 16.6 Å². The van der Waals surface area contributed by atoms with Crippen LogP contribution in [0.3, 0.4) is 0 Å². The van der Waals surface area contributed by atoms with E-state index in [4.69, 9.17) is 4.74 Å². The molecule has 1 aliphatic carbocycles. The van der Waals surface area contributed by atoms with Crippen molar-refractivity contribution in [3.63, 3.8) is 0 Å². The van der Waals surface area contributed by atoms with E-state index >= 15 is 0 Å². The van der Waals surface area contributed by atoms with E-state index < -0.39 is 0 Å². The SMILES string of the molecule is CCCCCCCCCc1cnc(-c2ccc(OCC3CCC(CCCCCCC)CC3)cc2)nc1. The fourth-order valence-corrected chi connectivity index (χ4v) is 5.56. The van der Waals surface area contributed by atoms with E-state index in [1.807, 2.05) is 12.4 Å². The fraction of sp³-hybridized carbons (Fsp3) is 0.697. The molecule has 0 unspecified atom stereocenters. The number of benzene rings is 1. The van der Waals surface area contributed by atoms with E-state index in [0.717, 1.165) is 36.1 Å². The van der Waals surface area contributed by atoms with Gasteiger partial charge >= 0.3 is 0 Å². The van der Waals surface area contributed by atoms with Crippen molar-refractivity contribution in [2.75, 3.05) is 6.61 Å². The lowest BCUT2D eigenvalue weighted by atomic mass is 9.80. The van der Waals surface area contributed by atoms with Crippen molar-refractivity contribution >= 4 is 0 Å². The number of hydrogen-bond acceptors (Lipinski definition) is 3. The van der Waals surface area contributed by atoms with Crippen molar-refractivity contribution in [1.82, 2.24) is 9.97 Å². The Morgan fingerprint density at radius 3 is 1.86 bits per heavy atom. The van der Waals surface area contributed by atoms with Crippen LogP contribution in [0.1, 0.15) is 129 Å². The quantitative estimate of drug-likeness (QED) is 0.194. The van der Waals surface area contributed by atoms with Crippen molar-refractivity contribution in [3.8, 4) is 17.1 Å². The molecule has 1 aliphatic rings. The number of nitrogens with zero attached hydrogens (tertiary/aromatic N) is 2. The molecule has 0 bridgehead atoms. The Labute approximate surface area is 221 Å². The summed E-state index contributed by atoms with van der Waals surface area (Å²) in [7, 11) is 0. The van der Waals surface area contributed by atoms with Gasteiger partial charge in [-0.25, -0.2) is 9.97 Å². The van der Waals surface area contributed by atoms with E-state index in [1.54, 1.807) is 0 Å². The Morgan fingerprint density at radius 1 is 0.667 bits per heavy atom. The molecule has 36 heavy (non-hydrogen) atoms. The molecule has 1 aromatic carbocycles. The summed E-state index contributed by atoms with van der Waals surface area (Å²) in [6.45, 7) is 5.42. The predicted octanol–water partition coefficient (Wildman–Crippen LogP) is 9.98. The number of aromatic nitrogens is 2. The van der Waals surface area contributed by atoms with Crippen LogP contribution in [-0.2, 0) is 6.42 Å². The van der Waals surface area contributed by atoms with Crippen LogP contribution in [0.4, 0.5) is 0 Å². The zero-order valence-corrected chi connectivity index (χ0v) is 23.4. The van der Waals surface area contributed by atoms with Gasteiger partial charge in [0.15, 0.2) is 5.82 Å². The smallest absolute Gasteiger partial charge is 0.159 e. The van der Waals surface area contributed by atoms with E-state index in [2.05, 4.69) is 48.1 Å². The summed E-state index contributed by atoms with van der Waals surface area (Å²) >= 11 is 0. The van der Waals surface area contributed by atoms with E-state index in [0.29, 0.717) is 5.92 Å². The van der Waals surface area contributed by atoms with Crippen LogP contribution >= 0.6 is 0 Å². The molecule has 0 radical (unpaired) electrons. The third kappa shape index (κ3) is 11.0. The average Bonchev–Trinajstić information content (AvgIpc) is 2.93. The van der Waals surface area contributed by atoms with Crippen LogP contribution in [0, 0.1) is 11.8 Å². The van der Waals surface area contributed by atoms with Gasteiger partial charge in [-0.1, -0.05) is 104 Å². The maximum atomic E-state index is 6.16. The van der Waals surface area contributed by atoms with Crippen LogP contribution in [0.2, 0.25) is 0 Å². The van der Waals surface area contributed by atoms with E-state index in [-0.39, 0.29) is 0 Å². The van der Waals surface area contributed by atoms with Gasteiger partial charge in [0, 0.05) is 18.0 Å². The predicted molar refractivity (Wildman–Crippen MR) is 153 cm³/mol. The van der Waals surface area contributed by atoms with Crippen molar-refractivity contribution in [2.24, 2.45) is 11.8 Å². The number of ether oxygens (including phenoxy) is 1. The molecule has 200 valence electrons. The highest BCUT2D eigenvalue weighted by molar-refractivity contribution is 5.55. The Balaban J connectivity index is 1.31. The lowest BCUT2D eigenvalue weighted by Gasteiger charge is -2.28. The first-order valence-corrected chi connectivity index (χ1v) is 15.3. The van der Waals surface area contributed by atoms with Crippen molar-refractivity contribution in [3.05, 3.63) is 42.2 Å². The van der Waals surface area contributed by atoms with Crippen molar-refractivity contribution < 1.29 is 4.74 Å². The van der Waals surface area contributed by atoms with Crippen LogP contribution in [0.5, 0.6) is 5.75 Å². The first-order valence-electron chi connectivity index (χ1n) is 15.3. The highest BCUT2D eigenvalue weighted by Gasteiger charge is 2.21. The lowest BCUT2D eigenvalue weighted by molar-refractivity contribution is 0.177. The molecule has 3 heteroatoms. The number of unbranched alkanes of at least 4 members (excludes halogenated alkanes) is 10. The van der Waals surface area contributed by atoms with Gasteiger partial charge in [-0.15, -0.1) is 0 Å². The molecule has 0 saturated heterocycles. The molecule has 2 aromatic rings. The maximum Gasteiger partial charge on any atom is 0.159 e. The second-order valence-electron chi connectivity index (χ2n) is 11.2. The normalized spacial score (nSPS) is 17.8. The number of aryl methyl sites for hydroxylation is 1. The fourth-order valence-electron chi connectivity index (χ4n) is 5.56. The Kier molecular flexibility index (Phi) is 14.0. The summed E-state index contributed by atoms with van der Waals surface area (Å²) < 4.78 is 6.16. The molecule has 0 atom stereocenters. The van der Waals surface area contributed by atoms with Crippen molar-refractivity contribution in [1.29, 1.82) is 0 Å². The molecule has 1 saturated carbocycles. The van der Waals surface area contributed by atoms with Crippen LogP contribution in [0.25, 0.3) is 11.4 Å². The molecule has 1 aromatic heterocycles. The number of rotatable bonds is 18. The minimum atomic E-state index is 0.716. The van der Waals surface area contributed by atoms with Gasteiger partial charge in [0.1, 0.15) is 5.75 Å². The highest BCUT2D eigenvalue weighted by atomic mass is 16.5. The summed E-state index contributed by atoms with van der Waals surface area (Å²) in [6, 6.07) is 8.34. The summed E-state index contributed by atoms with van der Waals surface area (Å²) in [6.07, 6.45) is 28.4. The molecule has 0 N–H and O–H groups in total. The average molecular weight is 493 g/mol. The first-order chi connectivity index (χ1) is 17.8. The standard InChI is InChI=1S/C33H52N2O/c1-3-5-7-9-10-12-14-16-30-25-34-33(35-26-30)31-21-23-32(24-22-31)36-27-29-19-17-28(18-20-29)15-13-11-8-6-4-2/h21-26,28-29H,3-20,27H2,1-2H3. The second-order valence-corrected chi connectivity index (χ2v) is 11.2. The molecular weight excluding hydrogens is 440 g/mol. The minimum Gasteiger partial charge on any atom is -0.493 e. The molecule has 0 aliphatic heterocycles. The second kappa shape index (κ2) is 17.5. The van der Waals surface area contributed by atoms with Gasteiger partial charge in [0.05, 0.1) is 6.61 Å². The van der Waals surface area contributed by atoms with Crippen molar-refractivity contribution in [2.45, 2.75) is 129 Å². The summed E-state index contributed by atoms with van der Waals surface area (Å²) in [5, 5.41) is 0. The van der Waals surface area contributed by atoms with Gasteiger partial charge in [0.2, 0.25) is 0 Å². The first kappa shape index (κ1) is 28.7. The summed E-state index contributed by atoms with van der Waals surface area (Å²) in [5.74, 6) is 3.45. The molecule has 1 heterocycles. The third-order valence-electron chi connectivity index (χ3n) is 8.05. The Morgan fingerprint density at radius 2 is 1.22 bits per heavy atom. The molecular formula is C33H52N2O. The zero-order chi connectivity index (χ0) is 25.3. The van der Waals surface area contributed by atoms with Gasteiger partial charge < -0.3 is 4.74 Å². The number of hydrogen-bond donors (Lipinski definition) is 0. The molecule has 0 spiro atoms. The lowest BCUT2D eigenvalue weighted by Crippen LogP contribution is -2.20. The minimum absolute atomic E-state index is 0.716. The largest absolute Gasteiger partial charge is 0.493 e. The van der Waals surface area contributed by atoms with Gasteiger partial charge in [-0.2, -0.15) is 0 Å². The third-order valence-corrected chi connectivity index (χ3v) is 8.05. The van der Waals surface area contributed by atoms with Gasteiger partial charge in [-0.05, 0) is 67.3 Å². The van der Waals surface area contributed by atoms with E-state index in [1.165, 1.54) is 115 Å². The van der Waals surface area contributed by atoms with Gasteiger partial charge in [-0.3, -0.25) is 0 Å². The van der Waals surface area contributed by atoms with Gasteiger partial charge in [0.25, 0.3) is 0 Å². The van der Waals surface area contributed by atoms with Crippen LogP contribution < -0.4 is 4.74 Å². The summed E-state index contributed by atoms with van der Waals surface area (Å²) in [4.78, 5) is 9.26. The molecule has 0 amide bonds. The summed E-state index contributed by atoms with van der Waals surface area (Å²) in [5.41, 5.74) is 2.31. The molecule has 1 fully saturated rings. The topological polar surface area (TPSA) is 35.0 Å². The van der Waals surface area contributed by atoms with Crippen LogP contribution in [0.15, 0.2) is 36.7 Å². The highest BCUT2D eigenvalue weighted by Crippen LogP contribution is 2.32. The molecule has 3 rings (SSSR count). The Bertz CT molecular complexity index is 793. The monoisotopic (exact) mass is 492 g/mol. The van der Waals surface area contributed by atoms with E-state index in [9.17, 15) is 0 Å². The Hall–Kier alpha value is -1.90. The molecule has 3 nitrogen and oxygen atoms in total. The zero-order valence-electron chi connectivity index (χ0n) is 23.4.